The SMILES string of the molecule is O=CCCc1ccc(O)c(Cl)c1. The molecule has 12 heavy (non-hydrogen) atoms. The summed E-state index contributed by atoms with van der Waals surface area (Å²) in [6.07, 6.45) is 2.02. The Bertz CT molecular complexity index is 284. The zero-order chi connectivity index (χ0) is 8.97. The molecule has 0 radical (unpaired) electrons. The zero-order valence-electron chi connectivity index (χ0n) is 6.46. The van der Waals surface area contributed by atoms with E-state index in [-0.39, 0.29) is 5.75 Å². The van der Waals surface area contributed by atoms with Crippen molar-refractivity contribution in [1.29, 1.82) is 0 Å². The third kappa shape index (κ3) is 2.24. The first kappa shape index (κ1) is 9.07. The second-order valence-corrected chi connectivity index (χ2v) is 2.90. The number of halogens is 1. The number of carbonyl (C=O) groups is 1. The van der Waals surface area contributed by atoms with Crippen LogP contribution in [0.3, 0.4) is 0 Å². The highest BCUT2D eigenvalue weighted by Gasteiger charge is 1.98. The minimum atomic E-state index is 0.0755. The molecule has 0 unspecified atom stereocenters. The predicted octanol–water partition coefficient (Wildman–Crippen LogP) is 2.18. The van der Waals surface area contributed by atoms with Gasteiger partial charge in [-0.3, -0.25) is 0 Å². The van der Waals surface area contributed by atoms with Gasteiger partial charge in [-0.05, 0) is 24.1 Å². The van der Waals surface area contributed by atoms with Crippen molar-refractivity contribution < 1.29 is 9.90 Å². The summed E-state index contributed by atoms with van der Waals surface area (Å²) >= 11 is 5.65. The molecule has 0 aromatic heterocycles. The van der Waals surface area contributed by atoms with Crippen LogP contribution in [0.5, 0.6) is 5.75 Å². The van der Waals surface area contributed by atoms with Crippen LogP contribution >= 0.6 is 11.6 Å². The van der Waals surface area contributed by atoms with Gasteiger partial charge in [-0.15, -0.1) is 0 Å². The van der Waals surface area contributed by atoms with Crippen LogP contribution in [0.15, 0.2) is 18.2 Å². The maximum Gasteiger partial charge on any atom is 0.134 e. The Morgan fingerprint density at radius 2 is 2.25 bits per heavy atom. The van der Waals surface area contributed by atoms with E-state index < -0.39 is 0 Å². The van der Waals surface area contributed by atoms with Crippen molar-refractivity contribution in [2.45, 2.75) is 12.8 Å². The molecule has 0 bridgehead atoms. The van der Waals surface area contributed by atoms with Crippen LogP contribution in [0.25, 0.3) is 0 Å². The Hall–Kier alpha value is -1.02. The molecule has 0 atom stereocenters. The first-order valence-corrected chi connectivity index (χ1v) is 4.03. The fourth-order valence-corrected chi connectivity index (χ4v) is 1.13. The van der Waals surface area contributed by atoms with Crippen molar-refractivity contribution in [2.24, 2.45) is 0 Å². The molecule has 0 aliphatic heterocycles. The van der Waals surface area contributed by atoms with Gasteiger partial charge in [0, 0.05) is 6.42 Å². The monoisotopic (exact) mass is 184 g/mol. The van der Waals surface area contributed by atoms with E-state index in [9.17, 15) is 4.79 Å². The molecular formula is C9H9ClO2. The van der Waals surface area contributed by atoms with Crippen molar-refractivity contribution in [3.8, 4) is 5.75 Å². The normalized spacial score (nSPS) is 9.75. The molecule has 1 rings (SSSR count). The third-order valence-corrected chi connectivity index (χ3v) is 1.87. The van der Waals surface area contributed by atoms with Gasteiger partial charge < -0.3 is 9.90 Å². The summed E-state index contributed by atoms with van der Waals surface area (Å²) in [5, 5.41) is 9.40. The standard InChI is InChI=1S/C9H9ClO2/c10-8-6-7(2-1-5-11)3-4-9(8)12/h3-6,12H,1-2H2. The van der Waals surface area contributed by atoms with E-state index in [0.29, 0.717) is 17.9 Å². The van der Waals surface area contributed by atoms with E-state index in [1.165, 1.54) is 6.07 Å². The van der Waals surface area contributed by atoms with Crippen LogP contribution < -0.4 is 0 Å². The number of phenolic OH excluding ortho intramolecular Hbond substituents is 1. The van der Waals surface area contributed by atoms with Crippen molar-refractivity contribution in [3.05, 3.63) is 28.8 Å². The van der Waals surface area contributed by atoms with E-state index in [4.69, 9.17) is 16.7 Å². The van der Waals surface area contributed by atoms with Crippen LogP contribution in [0.4, 0.5) is 0 Å². The maximum absolute atomic E-state index is 10.0. The second kappa shape index (κ2) is 4.12. The van der Waals surface area contributed by atoms with E-state index in [1.807, 2.05) is 0 Å². The molecule has 0 amide bonds. The first-order valence-electron chi connectivity index (χ1n) is 3.65. The molecule has 0 saturated carbocycles. The Morgan fingerprint density at radius 1 is 1.50 bits per heavy atom. The molecule has 0 saturated heterocycles. The van der Waals surface area contributed by atoms with Crippen LogP contribution in [0, 0.1) is 0 Å². The average Bonchev–Trinajstić information content (AvgIpc) is 2.07. The molecule has 2 nitrogen and oxygen atoms in total. The minimum Gasteiger partial charge on any atom is -0.506 e. The van der Waals surface area contributed by atoms with E-state index in [2.05, 4.69) is 0 Å². The highest BCUT2D eigenvalue weighted by Crippen LogP contribution is 2.23. The maximum atomic E-state index is 10.0. The average molecular weight is 185 g/mol. The number of aryl methyl sites for hydroxylation is 1. The highest BCUT2D eigenvalue weighted by atomic mass is 35.5. The Balaban J connectivity index is 2.75. The van der Waals surface area contributed by atoms with Crippen molar-refractivity contribution in [3.63, 3.8) is 0 Å². The second-order valence-electron chi connectivity index (χ2n) is 2.49. The summed E-state index contributed by atoms with van der Waals surface area (Å²) in [6, 6.07) is 4.95. The number of aldehydes is 1. The molecule has 0 aliphatic carbocycles. The summed E-state index contributed by atoms with van der Waals surface area (Å²) in [6.45, 7) is 0. The van der Waals surface area contributed by atoms with Crippen LogP contribution in [-0.2, 0) is 11.2 Å². The number of hydrogen-bond acceptors (Lipinski definition) is 2. The van der Waals surface area contributed by atoms with Gasteiger partial charge in [-0.1, -0.05) is 17.7 Å². The fraction of sp³-hybridized carbons (Fsp3) is 0.222. The number of phenols is 1. The van der Waals surface area contributed by atoms with E-state index >= 15 is 0 Å². The number of rotatable bonds is 3. The van der Waals surface area contributed by atoms with Crippen molar-refractivity contribution in [1.82, 2.24) is 0 Å². The molecule has 0 heterocycles. The van der Waals surface area contributed by atoms with Gasteiger partial charge in [0.05, 0.1) is 5.02 Å². The molecule has 64 valence electrons. The van der Waals surface area contributed by atoms with Gasteiger partial charge in [0.15, 0.2) is 0 Å². The van der Waals surface area contributed by atoms with Gasteiger partial charge in [0.25, 0.3) is 0 Å². The first-order chi connectivity index (χ1) is 5.74. The van der Waals surface area contributed by atoms with E-state index in [1.54, 1.807) is 12.1 Å². The quantitative estimate of drug-likeness (QED) is 0.732. The number of benzene rings is 1. The molecule has 1 N–H and O–H groups in total. The lowest BCUT2D eigenvalue weighted by Gasteiger charge is -1.99. The molecular weight excluding hydrogens is 176 g/mol. The predicted molar refractivity (Wildman–Crippen MR) is 47.5 cm³/mol. The summed E-state index contributed by atoms with van der Waals surface area (Å²) in [4.78, 5) is 10.0. The van der Waals surface area contributed by atoms with Gasteiger partial charge in [-0.25, -0.2) is 0 Å². The number of aromatic hydroxyl groups is 1. The number of carbonyl (C=O) groups excluding carboxylic acids is 1. The lowest BCUT2D eigenvalue weighted by atomic mass is 10.1. The van der Waals surface area contributed by atoms with Gasteiger partial charge in [0.2, 0.25) is 0 Å². The summed E-state index contributed by atoms with van der Waals surface area (Å²) < 4.78 is 0. The highest BCUT2D eigenvalue weighted by molar-refractivity contribution is 6.32. The lowest BCUT2D eigenvalue weighted by molar-refractivity contribution is -0.107. The lowest BCUT2D eigenvalue weighted by Crippen LogP contribution is -1.85. The smallest absolute Gasteiger partial charge is 0.134 e. The molecule has 1 aromatic carbocycles. The van der Waals surface area contributed by atoms with Gasteiger partial charge in [-0.2, -0.15) is 0 Å². The summed E-state index contributed by atoms with van der Waals surface area (Å²) in [5.74, 6) is 0.0755. The van der Waals surface area contributed by atoms with Crippen LogP contribution in [0.1, 0.15) is 12.0 Å². The van der Waals surface area contributed by atoms with Crippen LogP contribution in [0.2, 0.25) is 5.02 Å². The number of hydrogen-bond donors (Lipinski definition) is 1. The van der Waals surface area contributed by atoms with Gasteiger partial charge >= 0.3 is 0 Å². The molecule has 3 heteroatoms. The molecule has 1 aromatic rings. The minimum absolute atomic E-state index is 0.0755. The van der Waals surface area contributed by atoms with Gasteiger partial charge in [0.1, 0.15) is 12.0 Å². The van der Waals surface area contributed by atoms with Crippen molar-refractivity contribution in [2.75, 3.05) is 0 Å². The zero-order valence-corrected chi connectivity index (χ0v) is 7.21. The summed E-state index contributed by atoms with van der Waals surface area (Å²) in [7, 11) is 0. The van der Waals surface area contributed by atoms with Crippen molar-refractivity contribution >= 4 is 17.9 Å². The Labute approximate surface area is 75.8 Å². The topological polar surface area (TPSA) is 37.3 Å². The van der Waals surface area contributed by atoms with Crippen LogP contribution in [-0.4, -0.2) is 11.4 Å². The van der Waals surface area contributed by atoms with E-state index in [0.717, 1.165) is 11.8 Å². The molecule has 0 spiro atoms. The Morgan fingerprint density at radius 3 is 2.83 bits per heavy atom. The molecule has 0 aliphatic rings. The fourth-order valence-electron chi connectivity index (χ4n) is 0.932. The third-order valence-electron chi connectivity index (χ3n) is 1.56. The largest absolute Gasteiger partial charge is 0.506 e. The Kier molecular flexibility index (Phi) is 3.11. The summed E-state index contributed by atoms with van der Waals surface area (Å²) in [5.41, 5.74) is 0.963. The molecule has 0 fully saturated rings.